The van der Waals surface area contributed by atoms with Gasteiger partial charge in [0.25, 0.3) is 5.91 Å². The van der Waals surface area contributed by atoms with Crippen molar-refractivity contribution in [3.8, 4) is 0 Å². The quantitative estimate of drug-likeness (QED) is 0.540. The van der Waals surface area contributed by atoms with Crippen molar-refractivity contribution in [2.45, 2.75) is 24.4 Å². The molecule has 0 aromatic carbocycles. The SMILES string of the molecule is COC(=O)c1cccc(C(=O)Nc2ccn([C@@H]3O[C@H](CO)[C@@H](O)C3(F)F)c(=O)n2)n1. The van der Waals surface area contributed by atoms with E-state index in [0.717, 1.165) is 19.4 Å². The molecule has 1 aliphatic rings. The molecule has 1 saturated heterocycles. The lowest BCUT2D eigenvalue weighted by atomic mass is 10.1. The Morgan fingerprint density at radius 1 is 1.30 bits per heavy atom. The van der Waals surface area contributed by atoms with Crippen LogP contribution in [0.4, 0.5) is 14.6 Å². The number of hydrogen-bond donors (Lipinski definition) is 3. The minimum absolute atomic E-state index is 0.119. The Kier molecular flexibility index (Phi) is 5.87. The summed E-state index contributed by atoms with van der Waals surface area (Å²) in [5.41, 5.74) is -1.49. The molecular weight excluding hydrogens is 410 g/mol. The fourth-order valence-corrected chi connectivity index (χ4v) is 2.74. The van der Waals surface area contributed by atoms with E-state index in [-0.39, 0.29) is 17.2 Å². The van der Waals surface area contributed by atoms with Gasteiger partial charge in [0.2, 0.25) is 6.23 Å². The van der Waals surface area contributed by atoms with Crippen LogP contribution in [0, 0.1) is 0 Å². The van der Waals surface area contributed by atoms with Crippen LogP contribution in [-0.4, -0.2) is 68.5 Å². The first-order valence-electron chi connectivity index (χ1n) is 8.47. The number of rotatable bonds is 5. The Morgan fingerprint density at radius 3 is 2.60 bits per heavy atom. The molecule has 3 N–H and O–H groups in total. The van der Waals surface area contributed by atoms with Crippen LogP contribution in [0.25, 0.3) is 0 Å². The molecule has 30 heavy (non-hydrogen) atoms. The number of pyridine rings is 1. The Morgan fingerprint density at radius 2 is 2.00 bits per heavy atom. The third kappa shape index (κ3) is 3.90. The van der Waals surface area contributed by atoms with Crippen molar-refractivity contribution < 1.29 is 38.1 Å². The van der Waals surface area contributed by atoms with Crippen LogP contribution in [-0.2, 0) is 9.47 Å². The van der Waals surface area contributed by atoms with Crippen LogP contribution in [0.15, 0.2) is 35.3 Å². The second kappa shape index (κ2) is 8.22. The predicted octanol–water partition coefficient (Wildman–Crippen LogP) is -0.437. The molecule has 3 rings (SSSR count). The van der Waals surface area contributed by atoms with Crippen molar-refractivity contribution in [1.82, 2.24) is 14.5 Å². The number of esters is 1. The number of amides is 1. The van der Waals surface area contributed by atoms with Crippen LogP contribution in [0.5, 0.6) is 0 Å². The van der Waals surface area contributed by atoms with E-state index < -0.39 is 48.5 Å². The number of methoxy groups -OCH3 is 1. The molecular formula is C17H16F2N4O7. The maximum atomic E-state index is 14.2. The van der Waals surface area contributed by atoms with Gasteiger partial charge in [-0.2, -0.15) is 13.8 Å². The summed E-state index contributed by atoms with van der Waals surface area (Å²) in [6, 6.07) is 5.08. The second-order valence-corrected chi connectivity index (χ2v) is 6.19. The van der Waals surface area contributed by atoms with E-state index in [1.54, 1.807) is 0 Å². The topological polar surface area (TPSA) is 153 Å². The van der Waals surface area contributed by atoms with E-state index in [1.807, 2.05) is 0 Å². The van der Waals surface area contributed by atoms with Crippen LogP contribution in [0.1, 0.15) is 27.2 Å². The van der Waals surface area contributed by atoms with Crippen LogP contribution in [0.2, 0.25) is 0 Å². The smallest absolute Gasteiger partial charge is 0.356 e. The predicted molar refractivity (Wildman–Crippen MR) is 94.0 cm³/mol. The fourth-order valence-electron chi connectivity index (χ4n) is 2.74. The number of ether oxygens (including phenoxy) is 2. The van der Waals surface area contributed by atoms with Crippen LogP contribution >= 0.6 is 0 Å². The van der Waals surface area contributed by atoms with Gasteiger partial charge in [0.15, 0.2) is 6.10 Å². The van der Waals surface area contributed by atoms with E-state index in [2.05, 4.69) is 20.0 Å². The van der Waals surface area contributed by atoms with Gasteiger partial charge in [0, 0.05) is 6.20 Å². The van der Waals surface area contributed by atoms with E-state index >= 15 is 0 Å². The molecule has 0 aliphatic carbocycles. The van der Waals surface area contributed by atoms with Crippen molar-refractivity contribution in [2.75, 3.05) is 19.0 Å². The molecule has 1 aliphatic heterocycles. The first kappa shape index (κ1) is 21.4. The molecule has 1 fully saturated rings. The van der Waals surface area contributed by atoms with Gasteiger partial charge in [0.1, 0.15) is 23.3 Å². The number of hydrogen-bond acceptors (Lipinski definition) is 9. The summed E-state index contributed by atoms with van der Waals surface area (Å²) >= 11 is 0. The van der Waals surface area contributed by atoms with Gasteiger partial charge in [-0.05, 0) is 18.2 Å². The summed E-state index contributed by atoms with van der Waals surface area (Å²) in [6.45, 7) is -0.874. The molecule has 0 spiro atoms. The molecule has 3 atom stereocenters. The molecule has 0 bridgehead atoms. The van der Waals surface area contributed by atoms with Gasteiger partial charge >= 0.3 is 17.6 Å². The van der Waals surface area contributed by atoms with Crippen molar-refractivity contribution in [3.63, 3.8) is 0 Å². The number of alkyl halides is 2. The van der Waals surface area contributed by atoms with Crippen LogP contribution < -0.4 is 11.0 Å². The zero-order chi connectivity index (χ0) is 22.1. The average molecular weight is 426 g/mol. The number of halogens is 2. The van der Waals surface area contributed by atoms with Gasteiger partial charge in [-0.15, -0.1) is 0 Å². The second-order valence-electron chi connectivity index (χ2n) is 6.19. The third-order valence-corrected chi connectivity index (χ3v) is 4.26. The number of aromatic nitrogens is 3. The first-order valence-corrected chi connectivity index (χ1v) is 8.47. The lowest BCUT2D eigenvalue weighted by molar-refractivity contribution is -0.140. The van der Waals surface area contributed by atoms with Crippen molar-refractivity contribution in [3.05, 3.63) is 52.3 Å². The maximum Gasteiger partial charge on any atom is 0.356 e. The van der Waals surface area contributed by atoms with E-state index in [0.29, 0.717) is 4.57 Å². The highest BCUT2D eigenvalue weighted by molar-refractivity contribution is 6.03. The summed E-state index contributed by atoms with van der Waals surface area (Å²) < 4.78 is 38.2. The normalized spacial score (nSPS) is 22.5. The highest BCUT2D eigenvalue weighted by Gasteiger charge is 2.59. The Hall–Kier alpha value is -3.29. The van der Waals surface area contributed by atoms with E-state index in [4.69, 9.17) is 9.84 Å². The molecule has 160 valence electrons. The minimum atomic E-state index is -3.86. The zero-order valence-electron chi connectivity index (χ0n) is 15.4. The highest BCUT2D eigenvalue weighted by Crippen LogP contribution is 2.41. The van der Waals surface area contributed by atoms with Gasteiger partial charge < -0.3 is 25.0 Å². The molecule has 1 amide bonds. The summed E-state index contributed by atoms with van der Waals surface area (Å²) in [7, 11) is 1.15. The van der Waals surface area contributed by atoms with Crippen molar-refractivity contribution in [2.24, 2.45) is 0 Å². The van der Waals surface area contributed by atoms with Gasteiger partial charge in [0.05, 0.1) is 13.7 Å². The first-order chi connectivity index (χ1) is 14.2. The number of anilines is 1. The largest absolute Gasteiger partial charge is 0.464 e. The number of carbonyl (C=O) groups is 2. The molecule has 0 radical (unpaired) electrons. The molecule has 0 saturated carbocycles. The van der Waals surface area contributed by atoms with Crippen molar-refractivity contribution in [1.29, 1.82) is 0 Å². The molecule has 0 unspecified atom stereocenters. The van der Waals surface area contributed by atoms with Gasteiger partial charge in [-0.25, -0.2) is 14.6 Å². The average Bonchev–Trinajstić information content (AvgIpc) is 2.96. The standard InChI is InChI=1S/C17H16F2N4O7/c1-29-14(27)9-4-2-3-8(20-9)13(26)21-11-5-6-23(16(28)22-11)15-17(18,19)12(25)10(7-24)30-15/h2-6,10,12,15,24-25H,7H2,1H3,(H,21,22,26,28)/t10-,12-,15-/m1/s1. The molecule has 3 heterocycles. The molecule has 2 aromatic rings. The molecule has 13 heteroatoms. The lowest BCUT2D eigenvalue weighted by Crippen LogP contribution is -2.41. The minimum Gasteiger partial charge on any atom is -0.464 e. The number of aliphatic hydroxyl groups excluding tert-OH is 2. The Labute approximate surface area is 166 Å². The molecule has 2 aromatic heterocycles. The van der Waals surface area contributed by atoms with Crippen molar-refractivity contribution >= 4 is 17.7 Å². The Bertz CT molecular complexity index is 1030. The number of nitrogens with one attached hydrogen (secondary N) is 1. The van der Waals surface area contributed by atoms with E-state index in [1.165, 1.54) is 18.2 Å². The number of nitrogens with zero attached hydrogens (tertiary/aromatic N) is 3. The summed E-state index contributed by atoms with van der Waals surface area (Å²) in [5, 5.41) is 20.8. The monoisotopic (exact) mass is 426 g/mol. The zero-order valence-corrected chi connectivity index (χ0v) is 15.4. The maximum absolute atomic E-state index is 14.2. The van der Waals surface area contributed by atoms with E-state index in [9.17, 15) is 28.3 Å². The van der Waals surface area contributed by atoms with Gasteiger partial charge in [-0.3, -0.25) is 9.36 Å². The summed E-state index contributed by atoms with van der Waals surface area (Å²) in [4.78, 5) is 43.3. The number of carbonyl (C=O) groups excluding carboxylic acids is 2. The molecule has 11 nitrogen and oxygen atoms in total. The van der Waals surface area contributed by atoms with Gasteiger partial charge in [-0.1, -0.05) is 6.07 Å². The third-order valence-electron chi connectivity index (χ3n) is 4.26. The number of aliphatic hydroxyl groups is 2. The highest BCUT2D eigenvalue weighted by atomic mass is 19.3. The summed E-state index contributed by atoms with van der Waals surface area (Å²) in [5.74, 6) is -5.70. The summed E-state index contributed by atoms with van der Waals surface area (Å²) in [6.07, 6.45) is -5.18. The Balaban J connectivity index is 1.80. The van der Waals surface area contributed by atoms with Crippen LogP contribution in [0.3, 0.4) is 0 Å². The fraction of sp³-hybridized carbons (Fsp3) is 0.353. The lowest BCUT2D eigenvalue weighted by Gasteiger charge is -2.21.